The number of ether oxygens (including phenoxy) is 1. The molecule has 0 unspecified atom stereocenters. The molecule has 0 spiro atoms. The second-order valence-electron chi connectivity index (χ2n) is 5.67. The molecule has 0 saturated heterocycles. The van der Waals surface area contributed by atoms with Gasteiger partial charge in [0.05, 0.1) is 0 Å². The van der Waals surface area contributed by atoms with Crippen LogP contribution in [0.1, 0.15) is 18.4 Å². The Hall–Kier alpha value is -2.19. The summed E-state index contributed by atoms with van der Waals surface area (Å²) in [4.78, 5) is 35.6. The van der Waals surface area contributed by atoms with Crippen molar-refractivity contribution in [2.45, 2.75) is 25.8 Å². The number of hydrogen-bond donors (Lipinski definition) is 3. The van der Waals surface area contributed by atoms with Gasteiger partial charge in [0, 0.05) is 37.0 Å². The van der Waals surface area contributed by atoms with Gasteiger partial charge in [0.25, 0.3) is 0 Å². The van der Waals surface area contributed by atoms with Crippen LogP contribution >= 0.6 is 23.2 Å². The number of anilines is 1. The third-order valence-electron chi connectivity index (χ3n) is 3.67. The van der Waals surface area contributed by atoms with E-state index in [0.717, 1.165) is 5.69 Å². The van der Waals surface area contributed by atoms with E-state index in [0.29, 0.717) is 30.4 Å². The highest BCUT2D eigenvalue weighted by atomic mass is 35.5. The smallest absolute Gasteiger partial charge is 0.413 e. The third kappa shape index (κ3) is 7.92. The number of carbonyl (C=O) groups is 3. The lowest BCUT2D eigenvalue weighted by molar-refractivity contribution is -0.140. The minimum Gasteiger partial charge on any atom is -0.481 e. The number of rotatable bonds is 11. The van der Waals surface area contributed by atoms with Gasteiger partial charge in [-0.05, 0) is 37.1 Å². The molecule has 0 bridgehead atoms. The highest BCUT2D eigenvalue weighted by Gasteiger charge is 2.22. The zero-order valence-corrected chi connectivity index (χ0v) is 16.3. The molecular formula is C17H22Cl2N2O6. The van der Waals surface area contributed by atoms with Crippen LogP contribution in [0.3, 0.4) is 0 Å². The molecule has 0 aliphatic carbocycles. The van der Waals surface area contributed by atoms with Crippen LogP contribution in [0.15, 0.2) is 18.2 Å². The highest BCUT2D eigenvalue weighted by Crippen LogP contribution is 2.25. The third-order valence-corrected chi connectivity index (χ3v) is 4.01. The first kappa shape index (κ1) is 22.9. The second kappa shape index (κ2) is 11.5. The summed E-state index contributed by atoms with van der Waals surface area (Å²) in [5.41, 5.74) is 1.53. The Morgan fingerprint density at radius 2 is 1.81 bits per heavy atom. The second-order valence-corrected chi connectivity index (χ2v) is 6.43. The van der Waals surface area contributed by atoms with E-state index >= 15 is 0 Å². The van der Waals surface area contributed by atoms with Crippen molar-refractivity contribution in [3.63, 3.8) is 0 Å². The first-order chi connectivity index (χ1) is 12.8. The van der Waals surface area contributed by atoms with Crippen molar-refractivity contribution < 1.29 is 29.3 Å². The molecule has 1 aromatic carbocycles. The molecule has 0 fully saturated rings. The standard InChI is InChI=1S/C17H22Cl2N2O6/c1-11-10-12(21(8-6-18)9-7-19)2-4-14(11)27-17(26)20-13(16(24)25)3-5-15(22)23/h2,4,10,13H,3,5-9H2,1H3,(H,20,26)(H,22,23)(H,24,25)/t13-/m0/s1. The molecule has 1 aromatic rings. The Bertz CT molecular complexity index is 665. The van der Waals surface area contributed by atoms with Crippen LogP contribution < -0.4 is 15.0 Å². The van der Waals surface area contributed by atoms with Gasteiger partial charge in [0.15, 0.2) is 0 Å². The van der Waals surface area contributed by atoms with E-state index in [2.05, 4.69) is 5.32 Å². The maximum atomic E-state index is 12.0. The summed E-state index contributed by atoms with van der Waals surface area (Å²) >= 11 is 11.6. The van der Waals surface area contributed by atoms with Crippen molar-refractivity contribution in [2.75, 3.05) is 29.7 Å². The number of carboxylic acids is 2. The molecule has 0 aromatic heterocycles. The Labute approximate surface area is 167 Å². The Morgan fingerprint density at radius 1 is 1.19 bits per heavy atom. The summed E-state index contributed by atoms with van der Waals surface area (Å²) in [6.45, 7) is 2.96. The maximum absolute atomic E-state index is 12.0. The predicted octanol–water partition coefficient (Wildman–Crippen LogP) is 2.69. The molecule has 1 amide bonds. The molecule has 0 radical (unpaired) electrons. The number of carboxylic acid groups (broad SMARTS) is 2. The monoisotopic (exact) mass is 420 g/mol. The van der Waals surface area contributed by atoms with E-state index in [-0.39, 0.29) is 18.6 Å². The highest BCUT2D eigenvalue weighted by molar-refractivity contribution is 6.18. The summed E-state index contributed by atoms with van der Waals surface area (Å²) in [5, 5.41) is 19.9. The van der Waals surface area contributed by atoms with E-state index in [1.807, 2.05) is 4.90 Å². The van der Waals surface area contributed by atoms with Crippen molar-refractivity contribution in [3.05, 3.63) is 23.8 Å². The first-order valence-electron chi connectivity index (χ1n) is 8.19. The fourth-order valence-electron chi connectivity index (χ4n) is 2.32. The largest absolute Gasteiger partial charge is 0.481 e. The number of nitrogens with zero attached hydrogens (tertiary/aromatic N) is 1. The molecule has 0 saturated carbocycles. The molecular weight excluding hydrogens is 399 g/mol. The topological polar surface area (TPSA) is 116 Å². The molecule has 0 aliphatic heterocycles. The number of carbonyl (C=O) groups excluding carboxylic acids is 1. The average molecular weight is 421 g/mol. The fraction of sp³-hybridized carbons (Fsp3) is 0.471. The summed E-state index contributed by atoms with van der Waals surface area (Å²) in [7, 11) is 0. The van der Waals surface area contributed by atoms with Gasteiger partial charge in [0.1, 0.15) is 11.8 Å². The first-order valence-corrected chi connectivity index (χ1v) is 9.25. The zero-order chi connectivity index (χ0) is 20.4. The van der Waals surface area contributed by atoms with Gasteiger partial charge in [-0.3, -0.25) is 4.79 Å². The number of halogens is 2. The number of nitrogens with one attached hydrogen (secondary N) is 1. The van der Waals surface area contributed by atoms with Crippen LogP contribution in [-0.2, 0) is 9.59 Å². The molecule has 150 valence electrons. The number of alkyl halides is 2. The van der Waals surface area contributed by atoms with Gasteiger partial charge in [-0.15, -0.1) is 23.2 Å². The van der Waals surface area contributed by atoms with Gasteiger partial charge >= 0.3 is 18.0 Å². The van der Waals surface area contributed by atoms with Crippen molar-refractivity contribution in [1.82, 2.24) is 5.32 Å². The zero-order valence-electron chi connectivity index (χ0n) is 14.8. The van der Waals surface area contributed by atoms with Crippen LogP contribution in [0.2, 0.25) is 0 Å². The molecule has 10 heteroatoms. The summed E-state index contributed by atoms with van der Waals surface area (Å²) in [6.07, 6.45) is -1.60. The van der Waals surface area contributed by atoms with E-state index in [4.69, 9.17) is 38.2 Å². The average Bonchev–Trinajstić information content (AvgIpc) is 2.59. The summed E-state index contributed by atoms with van der Waals surface area (Å²) in [5.74, 6) is -1.36. The van der Waals surface area contributed by atoms with Crippen LogP contribution in [0.4, 0.5) is 10.5 Å². The van der Waals surface area contributed by atoms with E-state index in [1.165, 1.54) is 0 Å². The van der Waals surface area contributed by atoms with E-state index in [9.17, 15) is 14.4 Å². The fourth-order valence-corrected chi connectivity index (χ4v) is 2.72. The number of aryl methyl sites for hydroxylation is 1. The van der Waals surface area contributed by atoms with Gasteiger partial charge in [-0.1, -0.05) is 0 Å². The predicted molar refractivity (Wildman–Crippen MR) is 102 cm³/mol. The normalized spacial score (nSPS) is 11.5. The molecule has 1 atom stereocenters. The quantitative estimate of drug-likeness (QED) is 0.471. The Balaban J connectivity index is 2.78. The lowest BCUT2D eigenvalue weighted by atomic mass is 10.1. The molecule has 0 heterocycles. The van der Waals surface area contributed by atoms with Gasteiger partial charge in [0.2, 0.25) is 0 Å². The summed E-state index contributed by atoms with van der Waals surface area (Å²) in [6, 6.07) is 3.79. The number of aliphatic carboxylic acids is 2. The number of amides is 1. The molecule has 3 N–H and O–H groups in total. The Morgan fingerprint density at radius 3 is 2.30 bits per heavy atom. The van der Waals surface area contributed by atoms with Crippen molar-refractivity contribution >= 4 is 46.9 Å². The lowest BCUT2D eigenvalue weighted by Crippen LogP contribution is -2.42. The van der Waals surface area contributed by atoms with Crippen LogP contribution in [0.25, 0.3) is 0 Å². The van der Waals surface area contributed by atoms with Crippen LogP contribution in [0, 0.1) is 6.92 Å². The van der Waals surface area contributed by atoms with Crippen molar-refractivity contribution in [1.29, 1.82) is 0 Å². The van der Waals surface area contributed by atoms with E-state index < -0.39 is 24.1 Å². The van der Waals surface area contributed by atoms with Gasteiger partial charge in [-0.2, -0.15) is 0 Å². The van der Waals surface area contributed by atoms with Crippen LogP contribution in [-0.4, -0.2) is 59.1 Å². The van der Waals surface area contributed by atoms with Crippen molar-refractivity contribution in [3.8, 4) is 5.75 Å². The number of hydrogen-bond acceptors (Lipinski definition) is 5. The van der Waals surface area contributed by atoms with Crippen molar-refractivity contribution in [2.24, 2.45) is 0 Å². The van der Waals surface area contributed by atoms with Gasteiger partial charge < -0.3 is 25.2 Å². The number of benzene rings is 1. The van der Waals surface area contributed by atoms with Crippen LogP contribution in [0.5, 0.6) is 5.75 Å². The maximum Gasteiger partial charge on any atom is 0.413 e. The lowest BCUT2D eigenvalue weighted by Gasteiger charge is -2.23. The Kier molecular flexibility index (Phi) is 9.74. The minimum atomic E-state index is -1.35. The summed E-state index contributed by atoms with van der Waals surface area (Å²) < 4.78 is 5.16. The molecule has 27 heavy (non-hydrogen) atoms. The molecule has 8 nitrogen and oxygen atoms in total. The molecule has 0 aliphatic rings. The SMILES string of the molecule is Cc1cc(N(CCCl)CCCl)ccc1OC(=O)N[C@@H](CCC(=O)O)C(=O)O. The van der Waals surface area contributed by atoms with E-state index in [1.54, 1.807) is 25.1 Å². The molecule has 1 rings (SSSR count). The minimum absolute atomic E-state index is 0.247. The van der Waals surface area contributed by atoms with Gasteiger partial charge in [-0.25, -0.2) is 9.59 Å².